The lowest BCUT2D eigenvalue weighted by molar-refractivity contribution is -0.687. The third-order valence-electron chi connectivity index (χ3n) is 5.43. The molecule has 2 aromatic heterocycles. The van der Waals surface area contributed by atoms with E-state index in [9.17, 15) is 9.59 Å². The number of thiophene rings is 1. The number of aromatic nitrogens is 2. The van der Waals surface area contributed by atoms with Gasteiger partial charge in [-0.15, -0.1) is 11.3 Å². The van der Waals surface area contributed by atoms with Crippen LogP contribution in [0.2, 0.25) is 0 Å². The van der Waals surface area contributed by atoms with Gasteiger partial charge in [-0.3, -0.25) is 4.79 Å². The normalized spacial score (nSPS) is 13.3. The highest BCUT2D eigenvalue weighted by molar-refractivity contribution is 7.17. The lowest BCUT2D eigenvalue weighted by Gasteiger charge is -2.08. The molecule has 6 nitrogen and oxygen atoms in total. The molecule has 0 radical (unpaired) electrons. The van der Waals surface area contributed by atoms with Gasteiger partial charge in [0.15, 0.2) is 6.54 Å². The van der Waals surface area contributed by atoms with Crippen molar-refractivity contribution in [2.75, 3.05) is 11.9 Å². The maximum Gasteiger partial charge on any atom is 0.341 e. The molecule has 1 N–H and O–H groups in total. The van der Waals surface area contributed by atoms with E-state index in [2.05, 4.69) is 17.4 Å². The number of carbonyl (C=O) groups is 2. The lowest BCUT2D eigenvalue weighted by Crippen LogP contribution is -2.32. The summed E-state index contributed by atoms with van der Waals surface area (Å²) in [7, 11) is 0. The van der Waals surface area contributed by atoms with Gasteiger partial charge in [0.25, 0.3) is 5.91 Å². The molecule has 0 saturated heterocycles. The van der Waals surface area contributed by atoms with Crippen molar-refractivity contribution in [3.63, 3.8) is 0 Å². The fraction of sp³-hybridized carbons (Fsp3) is 0.375. The molecule has 4 rings (SSSR count). The quantitative estimate of drug-likeness (QED) is 0.345. The zero-order chi connectivity index (χ0) is 21.6. The highest BCUT2D eigenvalue weighted by Crippen LogP contribution is 2.38. The number of aryl methyl sites for hydroxylation is 1. The van der Waals surface area contributed by atoms with Gasteiger partial charge in [-0.1, -0.05) is 36.8 Å². The van der Waals surface area contributed by atoms with Crippen LogP contribution in [0.5, 0.6) is 0 Å². The number of esters is 1. The summed E-state index contributed by atoms with van der Waals surface area (Å²) in [6.45, 7) is 3.06. The molecule has 31 heavy (non-hydrogen) atoms. The van der Waals surface area contributed by atoms with E-state index in [1.807, 2.05) is 46.1 Å². The fourth-order valence-corrected chi connectivity index (χ4v) is 5.30. The monoisotopic (exact) mass is 438 g/mol. The van der Waals surface area contributed by atoms with Gasteiger partial charge in [0.05, 0.1) is 12.2 Å². The van der Waals surface area contributed by atoms with Crippen molar-refractivity contribution in [1.29, 1.82) is 0 Å². The van der Waals surface area contributed by atoms with Crippen LogP contribution in [0.1, 0.15) is 52.5 Å². The molecule has 0 saturated carbocycles. The number of hydrogen-bond donors (Lipinski definition) is 1. The molecule has 1 aliphatic carbocycles. The van der Waals surface area contributed by atoms with E-state index in [1.54, 1.807) is 6.92 Å². The molecule has 0 aliphatic heterocycles. The van der Waals surface area contributed by atoms with Crippen LogP contribution < -0.4 is 9.88 Å². The van der Waals surface area contributed by atoms with E-state index in [4.69, 9.17) is 4.74 Å². The minimum atomic E-state index is -0.334. The van der Waals surface area contributed by atoms with Gasteiger partial charge in [0.1, 0.15) is 23.9 Å². The number of nitrogens with zero attached hydrogens (tertiary/aromatic N) is 2. The summed E-state index contributed by atoms with van der Waals surface area (Å²) in [6, 6.07) is 10.2. The number of fused-ring (bicyclic) bond motifs is 1. The Bertz CT molecular complexity index is 1060. The third-order valence-corrected chi connectivity index (χ3v) is 6.64. The number of amides is 1. The van der Waals surface area contributed by atoms with Crippen molar-refractivity contribution in [1.82, 2.24) is 4.57 Å². The maximum absolute atomic E-state index is 12.8. The minimum absolute atomic E-state index is 0.149. The molecule has 0 unspecified atom stereocenters. The lowest BCUT2D eigenvalue weighted by atomic mass is 10.1. The van der Waals surface area contributed by atoms with Crippen LogP contribution in [0.3, 0.4) is 0 Å². The highest BCUT2D eigenvalue weighted by atomic mass is 32.1. The zero-order valence-corrected chi connectivity index (χ0v) is 18.6. The molecular formula is C24H28N3O3S+. The van der Waals surface area contributed by atoms with E-state index in [1.165, 1.54) is 28.2 Å². The van der Waals surface area contributed by atoms with Gasteiger partial charge >= 0.3 is 5.97 Å². The van der Waals surface area contributed by atoms with Crippen LogP contribution in [0.4, 0.5) is 5.00 Å². The average Bonchev–Trinajstić information content (AvgIpc) is 3.25. The van der Waals surface area contributed by atoms with Crippen molar-refractivity contribution in [3.05, 3.63) is 70.6 Å². The van der Waals surface area contributed by atoms with Crippen LogP contribution in [-0.2, 0) is 35.5 Å². The van der Waals surface area contributed by atoms with E-state index in [0.29, 0.717) is 17.2 Å². The van der Waals surface area contributed by atoms with E-state index < -0.39 is 0 Å². The maximum atomic E-state index is 12.8. The molecule has 0 bridgehead atoms. The van der Waals surface area contributed by atoms with Crippen molar-refractivity contribution < 1.29 is 18.9 Å². The number of ether oxygens (including phenoxy) is 1. The molecule has 162 valence electrons. The summed E-state index contributed by atoms with van der Waals surface area (Å²) in [5.41, 5.74) is 2.83. The van der Waals surface area contributed by atoms with Crippen molar-refractivity contribution in [2.45, 2.75) is 52.1 Å². The molecule has 0 fully saturated rings. The molecule has 2 heterocycles. The zero-order valence-electron chi connectivity index (χ0n) is 17.8. The number of imidazole rings is 1. The van der Waals surface area contributed by atoms with E-state index >= 15 is 0 Å². The number of benzene rings is 1. The standard InChI is InChI=1S/C24H27N3O3S/c1-2-30-24(29)22-19-11-7-4-8-12-20(19)31-23(22)25-21(28)16-27-14-13-26(17-27)15-18-9-5-3-6-10-18/h3,5-6,9-10,13-14,17H,2,4,7-8,11-12,15-16H2,1H3/p+1. The first kappa shape index (κ1) is 21.3. The Morgan fingerprint density at radius 3 is 2.77 bits per heavy atom. The molecule has 1 aliphatic rings. The van der Waals surface area contributed by atoms with Gasteiger partial charge in [-0.2, -0.15) is 0 Å². The second kappa shape index (κ2) is 9.92. The average molecular weight is 439 g/mol. The van der Waals surface area contributed by atoms with Gasteiger partial charge in [0.2, 0.25) is 6.33 Å². The first-order valence-corrected chi connectivity index (χ1v) is 11.7. The predicted molar refractivity (Wildman–Crippen MR) is 120 cm³/mol. The van der Waals surface area contributed by atoms with Crippen molar-refractivity contribution in [3.8, 4) is 0 Å². The summed E-state index contributed by atoms with van der Waals surface area (Å²) in [6.07, 6.45) is 10.9. The molecule has 1 aromatic carbocycles. The summed E-state index contributed by atoms with van der Waals surface area (Å²) in [5.74, 6) is -0.483. The SMILES string of the molecule is CCOC(=O)c1c(NC(=O)Cn2cc[n+](Cc3ccccc3)c2)sc2c1CCCCC2. The summed E-state index contributed by atoms with van der Waals surface area (Å²) in [5, 5.41) is 3.61. The second-order valence-electron chi connectivity index (χ2n) is 7.78. The smallest absolute Gasteiger partial charge is 0.341 e. The molecule has 7 heteroatoms. The topological polar surface area (TPSA) is 64.2 Å². The first-order chi connectivity index (χ1) is 15.1. The van der Waals surface area contributed by atoms with Crippen LogP contribution in [0.25, 0.3) is 0 Å². The predicted octanol–water partition coefficient (Wildman–Crippen LogP) is 3.97. The number of hydrogen-bond acceptors (Lipinski definition) is 4. The highest BCUT2D eigenvalue weighted by Gasteiger charge is 2.27. The Labute approximate surface area is 186 Å². The largest absolute Gasteiger partial charge is 0.462 e. The Kier molecular flexibility index (Phi) is 6.82. The summed E-state index contributed by atoms with van der Waals surface area (Å²) in [4.78, 5) is 26.6. The van der Waals surface area contributed by atoms with Crippen LogP contribution >= 0.6 is 11.3 Å². The molecule has 0 spiro atoms. The minimum Gasteiger partial charge on any atom is -0.462 e. The number of rotatable bonds is 7. The van der Waals surface area contributed by atoms with Crippen LogP contribution in [0, 0.1) is 0 Å². The van der Waals surface area contributed by atoms with E-state index in [-0.39, 0.29) is 18.4 Å². The Balaban J connectivity index is 1.47. The molecule has 1 amide bonds. The number of nitrogens with one attached hydrogen (secondary N) is 1. The van der Waals surface area contributed by atoms with Gasteiger partial charge in [0, 0.05) is 4.88 Å². The molecule has 3 aromatic rings. The van der Waals surface area contributed by atoms with Gasteiger partial charge < -0.3 is 10.1 Å². The van der Waals surface area contributed by atoms with Gasteiger partial charge in [-0.25, -0.2) is 13.9 Å². The van der Waals surface area contributed by atoms with Crippen molar-refractivity contribution in [2.24, 2.45) is 0 Å². The Morgan fingerprint density at radius 2 is 1.97 bits per heavy atom. The molecular weight excluding hydrogens is 410 g/mol. The van der Waals surface area contributed by atoms with Crippen LogP contribution in [0.15, 0.2) is 49.1 Å². The summed E-state index contributed by atoms with van der Waals surface area (Å²) >= 11 is 1.53. The fourth-order valence-electron chi connectivity index (χ4n) is 4.00. The van der Waals surface area contributed by atoms with Crippen LogP contribution in [-0.4, -0.2) is 23.1 Å². The van der Waals surface area contributed by atoms with E-state index in [0.717, 1.165) is 37.8 Å². The third kappa shape index (κ3) is 5.22. The second-order valence-corrected chi connectivity index (χ2v) is 8.89. The van der Waals surface area contributed by atoms with Crippen molar-refractivity contribution >= 4 is 28.2 Å². The first-order valence-electron chi connectivity index (χ1n) is 10.8. The number of anilines is 1. The summed E-state index contributed by atoms with van der Waals surface area (Å²) < 4.78 is 9.19. The Hall–Kier alpha value is -2.93. The molecule has 0 atom stereocenters. The Morgan fingerprint density at radius 1 is 1.16 bits per heavy atom. The van der Waals surface area contributed by atoms with Gasteiger partial charge in [-0.05, 0) is 43.7 Å². The number of carbonyl (C=O) groups excluding carboxylic acids is 2.